The first-order valence-corrected chi connectivity index (χ1v) is 10.5. The minimum atomic E-state index is -3.67. The summed E-state index contributed by atoms with van der Waals surface area (Å²) in [5.74, 6) is 0.0936. The van der Waals surface area contributed by atoms with Crippen LogP contribution in [0, 0.1) is 6.92 Å². The van der Waals surface area contributed by atoms with Gasteiger partial charge in [-0.3, -0.25) is 9.52 Å². The summed E-state index contributed by atoms with van der Waals surface area (Å²) in [5.41, 5.74) is 3.06. The van der Waals surface area contributed by atoms with E-state index in [1.807, 2.05) is 13.0 Å². The van der Waals surface area contributed by atoms with Crippen LogP contribution >= 0.6 is 0 Å². The second kappa shape index (κ2) is 7.16. The summed E-state index contributed by atoms with van der Waals surface area (Å²) in [6, 6.07) is 15.3. The van der Waals surface area contributed by atoms with Crippen molar-refractivity contribution in [2.45, 2.75) is 24.7 Å². The number of hydrogen-bond acceptors (Lipinski definition) is 4. The van der Waals surface area contributed by atoms with Crippen LogP contribution in [0.5, 0.6) is 0 Å². The Labute approximate surface area is 163 Å². The molecule has 1 aliphatic rings. The van der Waals surface area contributed by atoms with Gasteiger partial charge in [0.1, 0.15) is 0 Å². The lowest BCUT2D eigenvalue weighted by molar-refractivity contribution is 0.0958. The van der Waals surface area contributed by atoms with E-state index in [-0.39, 0.29) is 16.6 Å². The molecule has 4 rings (SSSR count). The topological polar surface area (TPSA) is 79.6 Å². The van der Waals surface area contributed by atoms with Gasteiger partial charge in [-0.25, -0.2) is 8.42 Å². The summed E-state index contributed by atoms with van der Waals surface area (Å²) in [6.45, 7) is 2.45. The first kappa shape index (κ1) is 18.3. The SMILES string of the molecule is Cc1cccc(S(=O)(=O)Nc2ccc3c(c2)CCCN3C(=O)c2ccco2)c1. The van der Waals surface area contributed by atoms with Gasteiger partial charge in [0.25, 0.3) is 15.9 Å². The second-order valence-corrected chi connectivity index (χ2v) is 8.49. The highest BCUT2D eigenvalue weighted by Crippen LogP contribution is 2.31. The molecule has 0 atom stereocenters. The Hall–Kier alpha value is -3.06. The fourth-order valence-corrected chi connectivity index (χ4v) is 4.56. The maximum absolute atomic E-state index is 12.7. The number of benzene rings is 2. The van der Waals surface area contributed by atoms with E-state index in [9.17, 15) is 13.2 Å². The van der Waals surface area contributed by atoms with Crippen molar-refractivity contribution in [2.24, 2.45) is 0 Å². The fraction of sp³-hybridized carbons (Fsp3) is 0.190. The van der Waals surface area contributed by atoms with Crippen molar-refractivity contribution in [3.05, 3.63) is 77.7 Å². The molecule has 1 aromatic heterocycles. The summed E-state index contributed by atoms with van der Waals surface area (Å²) in [5, 5.41) is 0. The standard InChI is InChI=1S/C21H20N2O4S/c1-15-5-2-7-18(13-15)28(25,26)22-17-9-10-19-16(14-17)6-3-11-23(19)21(24)20-8-4-12-27-20/h2,4-5,7-10,12-14,22H,3,6,11H2,1H3. The van der Waals surface area contributed by atoms with Crippen molar-refractivity contribution in [3.63, 3.8) is 0 Å². The van der Waals surface area contributed by atoms with Crippen LogP contribution in [0.25, 0.3) is 0 Å². The number of aryl methyl sites for hydroxylation is 2. The van der Waals surface area contributed by atoms with E-state index < -0.39 is 10.0 Å². The third-order valence-electron chi connectivity index (χ3n) is 4.73. The van der Waals surface area contributed by atoms with Crippen molar-refractivity contribution in [1.29, 1.82) is 0 Å². The minimum absolute atomic E-state index is 0.195. The van der Waals surface area contributed by atoms with Gasteiger partial charge >= 0.3 is 0 Å². The number of nitrogens with one attached hydrogen (secondary N) is 1. The average Bonchev–Trinajstić information content (AvgIpc) is 3.21. The van der Waals surface area contributed by atoms with Crippen molar-refractivity contribution in [2.75, 3.05) is 16.2 Å². The number of nitrogens with zero attached hydrogens (tertiary/aromatic N) is 1. The number of fused-ring (bicyclic) bond motifs is 1. The van der Waals surface area contributed by atoms with E-state index >= 15 is 0 Å². The molecule has 0 saturated heterocycles. The van der Waals surface area contributed by atoms with Crippen LogP contribution < -0.4 is 9.62 Å². The summed E-state index contributed by atoms with van der Waals surface area (Å²) in [6.07, 6.45) is 3.05. The van der Waals surface area contributed by atoms with Crippen molar-refractivity contribution in [3.8, 4) is 0 Å². The highest BCUT2D eigenvalue weighted by Gasteiger charge is 2.26. The third kappa shape index (κ3) is 3.53. The number of hydrogen-bond donors (Lipinski definition) is 1. The number of carbonyl (C=O) groups is 1. The molecule has 0 fully saturated rings. The van der Waals surface area contributed by atoms with Crippen LogP contribution in [-0.4, -0.2) is 20.9 Å². The molecule has 0 saturated carbocycles. The lowest BCUT2D eigenvalue weighted by Gasteiger charge is -2.29. The lowest BCUT2D eigenvalue weighted by atomic mass is 10.0. The highest BCUT2D eigenvalue weighted by atomic mass is 32.2. The molecule has 28 heavy (non-hydrogen) atoms. The van der Waals surface area contributed by atoms with Gasteiger partial charge in [-0.05, 0) is 73.4 Å². The second-order valence-electron chi connectivity index (χ2n) is 6.80. The van der Waals surface area contributed by atoms with E-state index in [1.54, 1.807) is 53.4 Å². The highest BCUT2D eigenvalue weighted by molar-refractivity contribution is 7.92. The van der Waals surface area contributed by atoms with E-state index in [2.05, 4.69) is 4.72 Å². The molecule has 0 bridgehead atoms. The molecule has 0 aliphatic carbocycles. The number of furan rings is 1. The summed E-state index contributed by atoms with van der Waals surface area (Å²) < 4.78 is 33.2. The quantitative estimate of drug-likeness (QED) is 0.723. The average molecular weight is 396 g/mol. The molecule has 2 aromatic carbocycles. The van der Waals surface area contributed by atoms with E-state index in [1.165, 1.54) is 6.26 Å². The summed E-state index contributed by atoms with van der Waals surface area (Å²) in [7, 11) is -3.67. The molecule has 0 unspecified atom stereocenters. The van der Waals surface area contributed by atoms with E-state index in [0.717, 1.165) is 29.7 Å². The first-order chi connectivity index (χ1) is 13.4. The molecule has 7 heteroatoms. The molecule has 6 nitrogen and oxygen atoms in total. The van der Waals surface area contributed by atoms with Gasteiger partial charge in [0.05, 0.1) is 11.2 Å². The van der Waals surface area contributed by atoms with Crippen LogP contribution in [0.3, 0.4) is 0 Å². The van der Waals surface area contributed by atoms with E-state index in [0.29, 0.717) is 12.2 Å². The van der Waals surface area contributed by atoms with Gasteiger partial charge in [-0.2, -0.15) is 0 Å². The number of anilines is 2. The Kier molecular flexibility index (Phi) is 4.68. The Morgan fingerprint density at radius 1 is 1.11 bits per heavy atom. The van der Waals surface area contributed by atoms with Gasteiger partial charge in [-0.15, -0.1) is 0 Å². The van der Waals surface area contributed by atoms with Crippen molar-refractivity contribution >= 4 is 27.3 Å². The number of sulfonamides is 1. The predicted octanol–water partition coefficient (Wildman–Crippen LogP) is 3.98. The van der Waals surface area contributed by atoms with Crippen LogP contribution in [0.4, 0.5) is 11.4 Å². The van der Waals surface area contributed by atoms with Gasteiger partial charge in [-0.1, -0.05) is 12.1 Å². The van der Waals surface area contributed by atoms with Gasteiger partial charge in [0.15, 0.2) is 5.76 Å². The molecule has 3 aromatic rings. The number of rotatable bonds is 4. The molecule has 1 N–H and O–H groups in total. The molecule has 144 valence electrons. The van der Waals surface area contributed by atoms with Gasteiger partial charge < -0.3 is 9.32 Å². The molecular formula is C21H20N2O4S. The number of amides is 1. The molecule has 0 radical (unpaired) electrons. The monoisotopic (exact) mass is 396 g/mol. The molecule has 1 aliphatic heterocycles. The van der Waals surface area contributed by atoms with Gasteiger partial charge in [0, 0.05) is 17.9 Å². The first-order valence-electron chi connectivity index (χ1n) is 9.02. The molecule has 0 spiro atoms. The summed E-state index contributed by atoms with van der Waals surface area (Å²) >= 11 is 0. The smallest absolute Gasteiger partial charge is 0.293 e. The minimum Gasteiger partial charge on any atom is -0.459 e. The fourth-order valence-electron chi connectivity index (χ4n) is 3.40. The zero-order valence-corrected chi connectivity index (χ0v) is 16.2. The predicted molar refractivity (Wildman–Crippen MR) is 107 cm³/mol. The van der Waals surface area contributed by atoms with Crippen molar-refractivity contribution in [1.82, 2.24) is 0 Å². The van der Waals surface area contributed by atoms with Crippen LogP contribution in [-0.2, 0) is 16.4 Å². The van der Waals surface area contributed by atoms with Crippen molar-refractivity contribution < 1.29 is 17.6 Å². The van der Waals surface area contributed by atoms with Crippen LogP contribution in [0.2, 0.25) is 0 Å². The Bertz CT molecular complexity index is 1120. The van der Waals surface area contributed by atoms with Crippen LogP contribution in [0.15, 0.2) is 70.2 Å². The molecular weight excluding hydrogens is 376 g/mol. The Morgan fingerprint density at radius 2 is 1.96 bits per heavy atom. The Morgan fingerprint density at radius 3 is 2.71 bits per heavy atom. The normalized spacial score (nSPS) is 13.8. The number of carbonyl (C=O) groups excluding carboxylic acids is 1. The molecule has 1 amide bonds. The zero-order valence-electron chi connectivity index (χ0n) is 15.4. The van der Waals surface area contributed by atoms with E-state index in [4.69, 9.17) is 4.42 Å². The largest absolute Gasteiger partial charge is 0.459 e. The lowest BCUT2D eigenvalue weighted by Crippen LogP contribution is -2.35. The Balaban J connectivity index is 1.61. The molecule has 2 heterocycles. The zero-order chi connectivity index (χ0) is 19.7. The van der Waals surface area contributed by atoms with Gasteiger partial charge in [0.2, 0.25) is 0 Å². The maximum atomic E-state index is 12.7. The maximum Gasteiger partial charge on any atom is 0.293 e. The van der Waals surface area contributed by atoms with Crippen LogP contribution in [0.1, 0.15) is 28.1 Å². The summed E-state index contributed by atoms with van der Waals surface area (Å²) in [4.78, 5) is 14.6. The third-order valence-corrected chi connectivity index (χ3v) is 6.11.